The smallest absolute Gasteiger partial charge is 0.190 e. The van der Waals surface area contributed by atoms with Gasteiger partial charge in [-0.3, -0.25) is 0 Å². The third-order valence-electron chi connectivity index (χ3n) is 3.65. The van der Waals surface area contributed by atoms with E-state index in [4.69, 9.17) is 0 Å². The molecule has 5 heteroatoms. The SMILES string of the molecule is CCc1c(C)nn(-c2nccc(CNC(C)C)c2F)c1C. The van der Waals surface area contributed by atoms with Crippen LogP contribution < -0.4 is 5.32 Å². The van der Waals surface area contributed by atoms with E-state index in [9.17, 15) is 4.39 Å². The Bertz CT molecular complexity index is 631. The number of hydrogen-bond acceptors (Lipinski definition) is 3. The van der Waals surface area contributed by atoms with Gasteiger partial charge in [-0.1, -0.05) is 20.8 Å². The van der Waals surface area contributed by atoms with Crippen molar-refractivity contribution in [1.82, 2.24) is 20.1 Å². The highest BCUT2D eigenvalue weighted by atomic mass is 19.1. The van der Waals surface area contributed by atoms with Gasteiger partial charge in [-0.25, -0.2) is 14.1 Å². The maximum atomic E-state index is 14.7. The van der Waals surface area contributed by atoms with Crippen molar-refractivity contribution >= 4 is 0 Å². The third kappa shape index (κ3) is 3.13. The van der Waals surface area contributed by atoms with E-state index >= 15 is 0 Å². The zero-order valence-corrected chi connectivity index (χ0v) is 13.4. The van der Waals surface area contributed by atoms with Crippen LogP contribution in [0.4, 0.5) is 4.39 Å². The lowest BCUT2D eigenvalue weighted by Gasteiger charge is -2.11. The van der Waals surface area contributed by atoms with Crippen molar-refractivity contribution in [1.29, 1.82) is 0 Å². The van der Waals surface area contributed by atoms with Crippen LogP contribution in [-0.4, -0.2) is 20.8 Å². The molecule has 2 aromatic heterocycles. The summed E-state index contributed by atoms with van der Waals surface area (Å²) in [5.74, 6) is -0.0303. The number of rotatable bonds is 5. The van der Waals surface area contributed by atoms with E-state index in [2.05, 4.69) is 22.3 Å². The van der Waals surface area contributed by atoms with Gasteiger partial charge in [0.25, 0.3) is 0 Å². The lowest BCUT2D eigenvalue weighted by molar-refractivity contribution is 0.541. The molecule has 0 aliphatic heterocycles. The fourth-order valence-electron chi connectivity index (χ4n) is 2.46. The first-order valence-corrected chi connectivity index (χ1v) is 7.37. The maximum absolute atomic E-state index is 14.7. The summed E-state index contributed by atoms with van der Waals surface area (Å²) >= 11 is 0. The second-order valence-electron chi connectivity index (χ2n) is 5.56. The van der Waals surface area contributed by atoms with Crippen LogP contribution in [0.3, 0.4) is 0 Å². The molecule has 0 atom stereocenters. The number of aryl methyl sites for hydroxylation is 1. The van der Waals surface area contributed by atoms with Crippen molar-refractivity contribution in [2.45, 2.75) is 53.6 Å². The van der Waals surface area contributed by atoms with E-state index < -0.39 is 0 Å². The van der Waals surface area contributed by atoms with Gasteiger partial charge in [-0.2, -0.15) is 5.10 Å². The molecular formula is C16H23FN4. The fourth-order valence-corrected chi connectivity index (χ4v) is 2.46. The van der Waals surface area contributed by atoms with Gasteiger partial charge in [0.1, 0.15) is 0 Å². The van der Waals surface area contributed by atoms with Crippen molar-refractivity contribution in [2.24, 2.45) is 0 Å². The quantitative estimate of drug-likeness (QED) is 0.920. The van der Waals surface area contributed by atoms with Crippen molar-refractivity contribution in [3.63, 3.8) is 0 Å². The molecule has 0 radical (unpaired) electrons. The highest BCUT2D eigenvalue weighted by Crippen LogP contribution is 2.20. The molecule has 4 nitrogen and oxygen atoms in total. The van der Waals surface area contributed by atoms with Crippen molar-refractivity contribution in [3.05, 3.63) is 40.6 Å². The highest BCUT2D eigenvalue weighted by molar-refractivity contribution is 5.35. The second kappa shape index (κ2) is 6.35. The minimum atomic E-state index is -0.307. The molecule has 0 unspecified atom stereocenters. The number of hydrogen-bond donors (Lipinski definition) is 1. The molecule has 0 fully saturated rings. The molecule has 1 N–H and O–H groups in total. The Labute approximate surface area is 125 Å². The average molecular weight is 290 g/mol. The molecule has 0 saturated heterocycles. The molecule has 0 bridgehead atoms. The second-order valence-corrected chi connectivity index (χ2v) is 5.56. The fraction of sp³-hybridized carbons (Fsp3) is 0.500. The first kappa shape index (κ1) is 15.6. The maximum Gasteiger partial charge on any atom is 0.190 e. The zero-order valence-electron chi connectivity index (χ0n) is 13.4. The Morgan fingerprint density at radius 3 is 2.62 bits per heavy atom. The normalized spacial score (nSPS) is 11.4. The zero-order chi connectivity index (χ0) is 15.6. The molecule has 2 aromatic rings. The predicted molar refractivity (Wildman–Crippen MR) is 82.1 cm³/mol. The van der Waals surface area contributed by atoms with Crippen molar-refractivity contribution in [2.75, 3.05) is 0 Å². The Morgan fingerprint density at radius 2 is 2.05 bits per heavy atom. The predicted octanol–water partition coefficient (Wildman–Crippen LogP) is 3.08. The minimum absolute atomic E-state index is 0.276. The van der Waals surface area contributed by atoms with Gasteiger partial charge in [0.15, 0.2) is 11.6 Å². The number of aromatic nitrogens is 3. The standard InChI is InChI=1S/C16H23FN4/c1-6-14-11(4)20-21(12(14)5)16-15(17)13(7-8-18-16)9-19-10(2)3/h7-8,10,19H,6,9H2,1-5H3. The topological polar surface area (TPSA) is 42.7 Å². The van der Waals surface area contributed by atoms with E-state index in [0.29, 0.717) is 18.2 Å². The lowest BCUT2D eigenvalue weighted by Crippen LogP contribution is -2.23. The Balaban J connectivity index is 2.43. The molecule has 2 heterocycles. The summed E-state index contributed by atoms with van der Waals surface area (Å²) < 4.78 is 16.3. The Morgan fingerprint density at radius 1 is 1.33 bits per heavy atom. The first-order chi connectivity index (χ1) is 9.95. The average Bonchev–Trinajstić information content (AvgIpc) is 2.72. The molecule has 21 heavy (non-hydrogen) atoms. The number of halogens is 1. The molecule has 0 aliphatic rings. The van der Waals surface area contributed by atoms with Crippen LogP contribution in [0.5, 0.6) is 0 Å². The van der Waals surface area contributed by atoms with Gasteiger partial charge in [0.05, 0.1) is 5.69 Å². The van der Waals surface area contributed by atoms with Crippen LogP contribution in [0.2, 0.25) is 0 Å². The van der Waals surface area contributed by atoms with Gasteiger partial charge < -0.3 is 5.32 Å². The summed E-state index contributed by atoms with van der Waals surface area (Å²) in [4.78, 5) is 4.18. The molecule has 0 saturated carbocycles. The van der Waals surface area contributed by atoms with Gasteiger partial charge in [-0.05, 0) is 31.9 Å². The monoisotopic (exact) mass is 290 g/mol. The van der Waals surface area contributed by atoms with Crippen molar-refractivity contribution in [3.8, 4) is 5.82 Å². The van der Waals surface area contributed by atoms with E-state index in [1.54, 1.807) is 16.9 Å². The largest absolute Gasteiger partial charge is 0.310 e. The van der Waals surface area contributed by atoms with Crippen molar-refractivity contribution < 1.29 is 4.39 Å². The number of pyridine rings is 1. The summed E-state index contributed by atoms with van der Waals surface area (Å²) in [6.07, 6.45) is 2.52. The summed E-state index contributed by atoms with van der Waals surface area (Å²) in [6.45, 7) is 10.5. The Kier molecular flexibility index (Phi) is 4.73. The van der Waals surface area contributed by atoms with Crippen LogP contribution in [0.25, 0.3) is 5.82 Å². The van der Waals surface area contributed by atoms with Crippen LogP contribution >= 0.6 is 0 Å². The highest BCUT2D eigenvalue weighted by Gasteiger charge is 2.17. The van der Waals surface area contributed by atoms with E-state index in [1.807, 2.05) is 27.7 Å². The van der Waals surface area contributed by atoms with Gasteiger partial charge >= 0.3 is 0 Å². The summed E-state index contributed by atoms with van der Waals surface area (Å²) in [5, 5.41) is 7.67. The van der Waals surface area contributed by atoms with E-state index in [-0.39, 0.29) is 11.6 Å². The first-order valence-electron chi connectivity index (χ1n) is 7.37. The minimum Gasteiger partial charge on any atom is -0.310 e. The molecule has 0 aromatic carbocycles. The molecule has 2 rings (SSSR count). The summed E-state index contributed by atoms with van der Waals surface area (Å²) in [5.41, 5.74) is 3.65. The van der Waals surface area contributed by atoms with Gasteiger partial charge in [0.2, 0.25) is 0 Å². The molecule has 0 spiro atoms. The molecule has 114 valence electrons. The summed E-state index contributed by atoms with van der Waals surface area (Å²) in [7, 11) is 0. The van der Waals surface area contributed by atoms with Crippen LogP contribution in [0.15, 0.2) is 12.3 Å². The number of nitrogens with zero attached hydrogens (tertiary/aromatic N) is 3. The lowest BCUT2D eigenvalue weighted by atomic mass is 10.1. The van der Waals surface area contributed by atoms with E-state index in [1.165, 1.54) is 0 Å². The number of nitrogens with one attached hydrogen (secondary N) is 1. The van der Waals surface area contributed by atoms with Crippen LogP contribution in [0.1, 0.15) is 43.3 Å². The summed E-state index contributed by atoms with van der Waals surface area (Å²) in [6, 6.07) is 2.02. The van der Waals surface area contributed by atoms with Crippen LogP contribution in [-0.2, 0) is 13.0 Å². The molecule has 0 aliphatic carbocycles. The van der Waals surface area contributed by atoms with Gasteiger partial charge in [-0.15, -0.1) is 0 Å². The Hall–Kier alpha value is -1.75. The third-order valence-corrected chi connectivity index (χ3v) is 3.65. The molecule has 0 amide bonds. The van der Waals surface area contributed by atoms with E-state index in [0.717, 1.165) is 23.4 Å². The van der Waals surface area contributed by atoms with Crippen LogP contribution in [0, 0.1) is 19.7 Å². The van der Waals surface area contributed by atoms with Gasteiger partial charge in [0, 0.05) is 30.0 Å². The molecular weight excluding hydrogens is 267 g/mol.